The number of carbonyl (C=O) groups excluding carboxylic acids is 2. The van der Waals surface area contributed by atoms with Gasteiger partial charge in [0.2, 0.25) is 0 Å². The number of urea groups is 1. The number of aromatic nitrogens is 1. The molecule has 8 heteroatoms. The third-order valence-electron chi connectivity index (χ3n) is 3.65. The molecule has 3 aromatic rings. The summed E-state index contributed by atoms with van der Waals surface area (Å²) >= 11 is 5.92. The number of amides is 3. The van der Waals surface area contributed by atoms with Gasteiger partial charge >= 0.3 is 6.03 Å². The summed E-state index contributed by atoms with van der Waals surface area (Å²) in [5, 5.41) is 7.07. The van der Waals surface area contributed by atoms with E-state index >= 15 is 0 Å². The Morgan fingerprint density at radius 3 is 2.52 bits per heavy atom. The van der Waals surface area contributed by atoms with E-state index in [0.29, 0.717) is 11.4 Å². The van der Waals surface area contributed by atoms with Crippen molar-refractivity contribution in [3.63, 3.8) is 0 Å². The minimum atomic E-state index is -2.64. The molecule has 0 saturated heterocycles. The van der Waals surface area contributed by atoms with Crippen LogP contribution >= 0.6 is 11.6 Å². The van der Waals surface area contributed by atoms with Crippen LogP contribution in [0.15, 0.2) is 60.8 Å². The van der Waals surface area contributed by atoms with Crippen molar-refractivity contribution in [2.75, 3.05) is 17.6 Å². The summed E-state index contributed by atoms with van der Waals surface area (Å²) in [6, 6.07) is 12.6. The minimum absolute atomic E-state index is 0.0748. The first kappa shape index (κ1) is 13.6. The van der Waals surface area contributed by atoms with Crippen LogP contribution in [0, 0.1) is 6.85 Å². The van der Waals surface area contributed by atoms with Gasteiger partial charge in [0.05, 0.1) is 0 Å². The van der Waals surface area contributed by atoms with Crippen molar-refractivity contribution < 1.29 is 22.6 Å². The molecule has 1 aromatic heterocycles. The average Bonchev–Trinajstić information content (AvgIpc) is 2.75. The largest absolute Gasteiger partial charge is 0.457 e. The van der Waals surface area contributed by atoms with E-state index in [9.17, 15) is 9.59 Å². The molecule has 3 N–H and O–H groups in total. The summed E-state index contributed by atoms with van der Waals surface area (Å²) in [6.45, 7) is -5.06. The number of ether oxygens (including phenoxy) is 1. The zero-order chi connectivity index (χ0) is 25.8. The highest BCUT2D eigenvalue weighted by atomic mass is 35.5. The van der Waals surface area contributed by atoms with Crippen LogP contribution in [0.2, 0.25) is 5.02 Å². The van der Waals surface area contributed by atoms with Gasteiger partial charge in [0, 0.05) is 43.9 Å². The summed E-state index contributed by atoms with van der Waals surface area (Å²) < 4.78 is 49.5. The number of hydrogen-bond acceptors (Lipinski definition) is 4. The van der Waals surface area contributed by atoms with E-state index < -0.39 is 25.8 Å². The van der Waals surface area contributed by atoms with Gasteiger partial charge in [-0.15, -0.1) is 0 Å². The smallest absolute Gasteiger partial charge is 0.323 e. The molecule has 0 atom stereocenters. The molecule has 148 valence electrons. The lowest BCUT2D eigenvalue weighted by atomic mass is 10.2. The number of aryl methyl sites for hydroxylation is 1. The quantitative estimate of drug-likeness (QED) is 0.554. The van der Waals surface area contributed by atoms with Crippen LogP contribution < -0.4 is 20.7 Å². The molecule has 3 amide bonds. The Morgan fingerprint density at radius 1 is 1.00 bits per heavy atom. The van der Waals surface area contributed by atoms with Gasteiger partial charge in [-0.05, 0) is 60.9 Å². The average molecular weight is 417 g/mol. The van der Waals surface area contributed by atoms with E-state index in [1.165, 1.54) is 36.5 Å². The highest BCUT2D eigenvalue weighted by molar-refractivity contribution is 6.31. The van der Waals surface area contributed by atoms with Crippen molar-refractivity contribution in [3.05, 3.63) is 77.1 Å². The molecule has 1 heterocycles. The molecule has 0 radical (unpaired) electrons. The molecule has 0 unspecified atom stereocenters. The minimum Gasteiger partial charge on any atom is -0.457 e. The molecule has 0 aliphatic carbocycles. The number of pyridine rings is 1. The van der Waals surface area contributed by atoms with Crippen LogP contribution in [-0.4, -0.2) is 23.9 Å². The van der Waals surface area contributed by atoms with Crippen LogP contribution in [0.5, 0.6) is 11.5 Å². The van der Waals surface area contributed by atoms with Crippen molar-refractivity contribution in [1.29, 1.82) is 0 Å². The zero-order valence-corrected chi connectivity index (χ0v) is 15.6. The van der Waals surface area contributed by atoms with Gasteiger partial charge in [0.15, 0.2) is 0 Å². The molecule has 2 aromatic carbocycles. The summed E-state index contributed by atoms with van der Waals surface area (Å²) in [6.07, 6.45) is 1.30. The second kappa shape index (κ2) is 9.07. The molecule has 0 spiro atoms. The van der Waals surface area contributed by atoms with Crippen molar-refractivity contribution in [2.24, 2.45) is 0 Å². The molecule has 29 heavy (non-hydrogen) atoms. The van der Waals surface area contributed by atoms with E-state index in [0.717, 1.165) is 0 Å². The van der Waals surface area contributed by atoms with Crippen LogP contribution in [0.1, 0.15) is 24.3 Å². The monoisotopic (exact) mass is 416 g/mol. The number of halogens is 1. The maximum atomic E-state index is 12.3. The van der Waals surface area contributed by atoms with Crippen LogP contribution in [-0.2, 0) is 0 Å². The predicted octanol–water partition coefficient (Wildman–Crippen LogP) is 4.84. The fraction of sp³-hybridized carbons (Fsp3) is 0.0952. The van der Waals surface area contributed by atoms with Gasteiger partial charge < -0.3 is 20.7 Å². The fourth-order valence-corrected chi connectivity index (χ4v) is 2.42. The first-order valence-electron chi connectivity index (χ1n) is 11.2. The zero-order valence-electron chi connectivity index (χ0n) is 20.8. The maximum Gasteiger partial charge on any atom is 0.323 e. The molecule has 0 aliphatic heterocycles. The van der Waals surface area contributed by atoms with Gasteiger partial charge in [-0.3, -0.25) is 9.78 Å². The second-order valence-corrected chi connectivity index (χ2v) is 6.14. The Morgan fingerprint density at radius 2 is 1.76 bits per heavy atom. The first-order chi connectivity index (χ1) is 16.3. The van der Waals surface area contributed by atoms with Gasteiger partial charge in [-0.25, -0.2) is 4.79 Å². The number of carbonyl (C=O) groups is 2. The third kappa shape index (κ3) is 5.46. The van der Waals surface area contributed by atoms with E-state index in [1.54, 1.807) is 24.3 Å². The number of nitrogens with zero attached hydrogens (tertiary/aromatic N) is 1. The first-order valence-corrected chi connectivity index (χ1v) is 8.62. The lowest BCUT2D eigenvalue weighted by Gasteiger charge is -2.10. The van der Waals surface area contributed by atoms with E-state index in [1.807, 2.05) is 5.32 Å². The highest BCUT2D eigenvalue weighted by Gasteiger charge is 2.08. The molecular weight excluding hydrogens is 392 g/mol. The predicted molar refractivity (Wildman–Crippen MR) is 113 cm³/mol. The third-order valence-corrected chi connectivity index (χ3v) is 3.98. The summed E-state index contributed by atoms with van der Waals surface area (Å²) in [7, 11) is 0. The topological polar surface area (TPSA) is 92.4 Å². The Kier molecular flexibility index (Phi) is 4.25. The van der Waals surface area contributed by atoms with Gasteiger partial charge in [0.1, 0.15) is 17.2 Å². The number of anilines is 2. The molecule has 0 saturated carbocycles. The Bertz CT molecular complexity index is 1230. The Balaban J connectivity index is 1.61. The van der Waals surface area contributed by atoms with Crippen molar-refractivity contribution in [3.8, 4) is 11.5 Å². The Labute approximate surface area is 181 Å². The van der Waals surface area contributed by atoms with Crippen LogP contribution in [0.25, 0.3) is 0 Å². The molecule has 0 fully saturated rings. The second-order valence-electron chi connectivity index (χ2n) is 5.73. The van der Waals surface area contributed by atoms with Gasteiger partial charge in [-0.2, -0.15) is 0 Å². The SMILES string of the molecule is [2H]C([2H])([2H])NC(=O)c1cc(Oc2ccc(NC(=O)Nc3ccc(Cl)c(C([2H])([2H])[2H])c3)cc2)ccn1. The summed E-state index contributed by atoms with van der Waals surface area (Å²) in [5.74, 6) is -0.237. The number of rotatable bonds is 5. The van der Waals surface area contributed by atoms with Crippen molar-refractivity contribution in [2.45, 2.75) is 6.85 Å². The van der Waals surface area contributed by atoms with Crippen LogP contribution in [0.3, 0.4) is 0 Å². The molecule has 0 aliphatic rings. The summed E-state index contributed by atoms with van der Waals surface area (Å²) in [4.78, 5) is 28.1. The molecule has 3 rings (SSSR count). The summed E-state index contributed by atoms with van der Waals surface area (Å²) in [5.41, 5.74) is 0.479. The van der Waals surface area contributed by atoms with Crippen molar-refractivity contribution >= 4 is 34.9 Å². The molecular formula is C21H19ClN4O3. The lowest BCUT2D eigenvalue weighted by Crippen LogP contribution is -2.19. The standard InChI is InChI=1S/C21H19ClN4O3/c1-13-11-15(5-8-18(13)22)26-21(28)25-14-3-6-16(7-4-14)29-17-9-10-24-19(12-17)20(27)23-2/h3-12H,1-2H3,(H,23,27)(H2,25,26,28)/i1D3,2D3. The fourth-order valence-electron chi connectivity index (χ4n) is 2.30. The van der Waals surface area contributed by atoms with Crippen LogP contribution in [0.4, 0.5) is 16.2 Å². The van der Waals surface area contributed by atoms with Crippen molar-refractivity contribution in [1.82, 2.24) is 10.3 Å². The molecule has 7 nitrogen and oxygen atoms in total. The Hall–Kier alpha value is -3.58. The number of hydrogen-bond donors (Lipinski definition) is 3. The molecule has 0 bridgehead atoms. The van der Waals surface area contributed by atoms with E-state index in [4.69, 9.17) is 24.6 Å². The normalized spacial score (nSPS) is 14.1. The number of nitrogens with one attached hydrogen (secondary N) is 3. The maximum absolute atomic E-state index is 12.3. The van der Waals surface area contributed by atoms with E-state index in [-0.39, 0.29) is 27.7 Å². The highest BCUT2D eigenvalue weighted by Crippen LogP contribution is 2.24. The lowest BCUT2D eigenvalue weighted by molar-refractivity contribution is 0.0958. The van der Waals surface area contributed by atoms with E-state index in [2.05, 4.69) is 15.6 Å². The number of benzene rings is 2. The van der Waals surface area contributed by atoms with Gasteiger partial charge in [0.25, 0.3) is 5.91 Å². The van der Waals surface area contributed by atoms with Gasteiger partial charge in [-0.1, -0.05) is 11.6 Å².